The van der Waals surface area contributed by atoms with Gasteiger partial charge in [0.15, 0.2) is 0 Å². The molecule has 0 heterocycles. The first-order chi connectivity index (χ1) is 12.5. The van der Waals surface area contributed by atoms with E-state index in [-0.39, 0.29) is 11.8 Å². The summed E-state index contributed by atoms with van der Waals surface area (Å²) in [5, 5.41) is 8.39. The van der Waals surface area contributed by atoms with Gasteiger partial charge in [0.1, 0.15) is 6.04 Å². The van der Waals surface area contributed by atoms with Crippen molar-refractivity contribution in [3.8, 4) is 0 Å². The fourth-order valence-corrected chi connectivity index (χ4v) is 2.76. The summed E-state index contributed by atoms with van der Waals surface area (Å²) in [6.07, 6.45) is 0. The van der Waals surface area contributed by atoms with Crippen LogP contribution in [-0.4, -0.2) is 17.9 Å². The predicted molar refractivity (Wildman–Crippen MR) is 104 cm³/mol. The van der Waals surface area contributed by atoms with Gasteiger partial charge < -0.3 is 10.6 Å². The van der Waals surface area contributed by atoms with E-state index in [1.54, 1.807) is 31.2 Å². The first-order valence-corrected chi connectivity index (χ1v) is 8.72. The first-order valence-electron chi connectivity index (χ1n) is 8.35. The second-order valence-corrected chi connectivity index (χ2v) is 6.54. The summed E-state index contributed by atoms with van der Waals surface area (Å²) in [5.74, 6) is -0.546. The Morgan fingerprint density at radius 3 is 2.38 bits per heavy atom. The van der Waals surface area contributed by atoms with E-state index in [1.165, 1.54) is 0 Å². The van der Waals surface area contributed by atoms with Gasteiger partial charge in [-0.05, 0) is 53.6 Å². The molecule has 2 amide bonds. The lowest BCUT2D eigenvalue weighted by Gasteiger charge is -2.14. The Morgan fingerprint density at radius 2 is 1.65 bits per heavy atom. The van der Waals surface area contributed by atoms with Gasteiger partial charge in [-0.15, -0.1) is 0 Å². The molecule has 0 bridgehead atoms. The molecule has 1 atom stereocenters. The zero-order valence-electron chi connectivity index (χ0n) is 14.3. The Labute approximate surface area is 157 Å². The van der Waals surface area contributed by atoms with Crippen LogP contribution >= 0.6 is 11.6 Å². The van der Waals surface area contributed by atoms with E-state index >= 15 is 0 Å². The molecular weight excluding hydrogens is 348 g/mol. The van der Waals surface area contributed by atoms with Gasteiger partial charge in [-0.3, -0.25) is 9.59 Å². The van der Waals surface area contributed by atoms with Crippen LogP contribution in [0.5, 0.6) is 0 Å². The molecule has 3 aromatic carbocycles. The number of fused-ring (bicyclic) bond motifs is 1. The largest absolute Gasteiger partial charge is 0.350 e. The van der Waals surface area contributed by atoms with E-state index in [2.05, 4.69) is 10.6 Å². The quantitative estimate of drug-likeness (QED) is 0.718. The molecule has 4 nitrogen and oxygen atoms in total. The number of hydrogen-bond donors (Lipinski definition) is 2. The van der Waals surface area contributed by atoms with Gasteiger partial charge in [0.25, 0.3) is 5.91 Å². The van der Waals surface area contributed by atoms with Crippen molar-refractivity contribution in [2.24, 2.45) is 0 Å². The van der Waals surface area contributed by atoms with Crippen LogP contribution in [0.25, 0.3) is 10.8 Å². The van der Waals surface area contributed by atoms with E-state index in [1.807, 2.05) is 42.5 Å². The Hall–Kier alpha value is -2.85. The molecule has 0 spiro atoms. The summed E-state index contributed by atoms with van der Waals surface area (Å²) < 4.78 is 0. The van der Waals surface area contributed by atoms with Crippen molar-refractivity contribution >= 4 is 34.2 Å². The van der Waals surface area contributed by atoms with Crippen molar-refractivity contribution in [1.29, 1.82) is 0 Å². The molecule has 0 radical (unpaired) electrons. The van der Waals surface area contributed by atoms with Crippen LogP contribution in [0.2, 0.25) is 5.02 Å². The molecule has 0 aliphatic carbocycles. The van der Waals surface area contributed by atoms with E-state index in [9.17, 15) is 9.59 Å². The molecule has 1 unspecified atom stereocenters. The maximum absolute atomic E-state index is 12.3. The summed E-state index contributed by atoms with van der Waals surface area (Å²) in [4.78, 5) is 24.4. The first kappa shape index (κ1) is 18.0. The number of carbonyl (C=O) groups is 2. The van der Waals surface area contributed by atoms with Gasteiger partial charge in [0.05, 0.1) is 0 Å². The van der Waals surface area contributed by atoms with Crippen molar-refractivity contribution in [3.63, 3.8) is 0 Å². The van der Waals surface area contributed by atoms with Crippen molar-refractivity contribution in [2.75, 3.05) is 0 Å². The van der Waals surface area contributed by atoms with Crippen molar-refractivity contribution in [3.05, 3.63) is 82.9 Å². The van der Waals surface area contributed by atoms with Crippen molar-refractivity contribution in [1.82, 2.24) is 10.6 Å². The molecule has 2 N–H and O–H groups in total. The van der Waals surface area contributed by atoms with Crippen LogP contribution < -0.4 is 10.6 Å². The molecular formula is C21H19ClN2O2. The second-order valence-electron chi connectivity index (χ2n) is 6.10. The van der Waals surface area contributed by atoms with Gasteiger partial charge in [0, 0.05) is 17.1 Å². The van der Waals surface area contributed by atoms with Crippen LogP contribution in [0.15, 0.2) is 66.7 Å². The zero-order valence-corrected chi connectivity index (χ0v) is 15.1. The molecule has 0 saturated heterocycles. The minimum absolute atomic E-state index is 0.236. The number of nitrogens with one attached hydrogen (secondary N) is 2. The molecule has 3 aromatic rings. The normalized spacial score (nSPS) is 11.8. The number of carbonyl (C=O) groups excluding carboxylic acids is 2. The van der Waals surface area contributed by atoms with E-state index in [4.69, 9.17) is 11.6 Å². The van der Waals surface area contributed by atoms with Crippen LogP contribution in [-0.2, 0) is 11.3 Å². The fourth-order valence-electron chi connectivity index (χ4n) is 2.64. The lowest BCUT2D eigenvalue weighted by Crippen LogP contribution is -2.44. The van der Waals surface area contributed by atoms with Crippen molar-refractivity contribution in [2.45, 2.75) is 19.5 Å². The molecule has 0 aliphatic heterocycles. The molecule has 0 aliphatic rings. The summed E-state index contributed by atoms with van der Waals surface area (Å²) in [5.41, 5.74) is 1.47. The number of halogens is 1. The third kappa shape index (κ3) is 4.41. The lowest BCUT2D eigenvalue weighted by molar-refractivity contribution is -0.122. The van der Waals surface area contributed by atoms with E-state index < -0.39 is 6.04 Å². The zero-order chi connectivity index (χ0) is 18.5. The summed E-state index contributed by atoms with van der Waals surface area (Å²) in [6, 6.07) is 20.0. The topological polar surface area (TPSA) is 58.2 Å². The minimum Gasteiger partial charge on any atom is -0.350 e. The predicted octanol–water partition coefficient (Wildman–Crippen LogP) is 3.93. The standard InChI is InChI=1S/C21H19ClN2O2/c1-14(24-21(26)17-8-10-19(22)11-9-17)20(25)23-13-15-6-7-16-4-2-3-5-18(16)12-15/h2-12,14H,13H2,1H3,(H,23,25)(H,24,26). The van der Waals surface area contributed by atoms with E-state index in [0.717, 1.165) is 16.3 Å². The monoisotopic (exact) mass is 366 g/mol. The SMILES string of the molecule is CC(NC(=O)c1ccc(Cl)cc1)C(=O)NCc1ccc2ccccc2c1. The number of hydrogen-bond acceptors (Lipinski definition) is 2. The van der Waals surface area contributed by atoms with Gasteiger partial charge >= 0.3 is 0 Å². The maximum atomic E-state index is 12.3. The number of amides is 2. The molecule has 0 saturated carbocycles. The molecule has 132 valence electrons. The highest BCUT2D eigenvalue weighted by Gasteiger charge is 2.16. The highest BCUT2D eigenvalue weighted by molar-refractivity contribution is 6.30. The van der Waals surface area contributed by atoms with Gasteiger partial charge in [0.2, 0.25) is 5.91 Å². The summed E-state index contributed by atoms with van der Waals surface area (Å²) >= 11 is 5.81. The van der Waals surface area contributed by atoms with Gasteiger partial charge in [-0.2, -0.15) is 0 Å². The van der Waals surface area contributed by atoms with Crippen LogP contribution in [0.1, 0.15) is 22.8 Å². The number of benzene rings is 3. The lowest BCUT2D eigenvalue weighted by atomic mass is 10.1. The molecule has 0 aromatic heterocycles. The molecule has 3 rings (SSSR count). The smallest absolute Gasteiger partial charge is 0.251 e. The molecule has 26 heavy (non-hydrogen) atoms. The third-order valence-electron chi connectivity index (χ3n) is 4.13. The number of rotatable bonds is 5. The van der Waals surface area contributed by atoms with Crippen LogP contribution in [0.4, 0.5) is 0 Å². The third-order valence-corrected chi connectivity index (χ3v) is 4.38. The summed E-state index contributed by atoms with van der Waals surface area (Å²) in [7, 11) is 0. The Kier molecular flexibility index (Phi) is 5.54. The maximum Gasteiger partial charge on any atom is 0.251 e. The molecule has 0 fully saturated rings. The fraction of sp³-hybridized carbons (Fsp3) is 0.143. The highest BCUT2D eigenvalue weighted by atomic mass is 35.5. The van der Waals surface area contributed by atoms with Crippen molar-refractivity contribution < 1.29 is 9.59 Å². The summed E-state index contributed by atoms with van der Waals surface area (Å²) in [6.45, 7) is 2.06. The second kappa shape index (κ2) is 8.02. The van der Waals surface area contributed by atoms with Crippen LogP contribution in [0, 0.1) is 0 Å². The van der Waals surface area contributed by atoms with Gasteiger partial charge in [-0.1, -0.05) is 48.0 Å². The van der Waals surface area contributed by atoms with Crippen LogP contribution in [0.3, 0.4) is 0 Å². The van der Waals surface area contributed by atoms with Gasteiger partial charge in [-0.25, -0.2) is 0 Å². The average Bonchev–Trinajstić information content (AvgIpc) is 2.66. The minimum atomic E-state index is -0.640. The average molecular weight is 367 g/mol. The Morgan fingerprint density at radius 1 is 0.962 bits per heavy atom. The van der Waals surface area contributed by atoms with E-state index in [0.29, 0.717) is 17.1 Å². The Balaban J connectivity index is 1.56. The Bertz CT molecular complexity index is 938. The molecule has 5 heteroatoms. The highest BCUT2D eigenvalue weighted by Crippen LogP contribution is 2.15.